The molecule has 1 atom stereocenters. The zero-order chi connectivity index (χ0) is 23.7. The van der Waals surface area contributed by atoms with Crippen molar-refractivity contribution < 1.29 is 24.2 Å². The third-order valence-electron chi connectivity index (χ3n) is 6.07. The molecule has 1 saturated heterocycles. The number of nitrogen functional groups attached to an aromatic ring is 1. The highest BCUT2D eigenvalue weighted by Gasteiger charge is 2.26. The molecule has 1 unspecified atom stereocenters. The second kappa shape index (κ2) is 9.20. The Morgan fingerprint density at radius 3 is 2.88 bits per heavy atom. The molecule has 34 heavy (non-hydrogen) atoms. The van der Waals surface area contributed by atoms with Crippen LogP contribution in [-0.2, 0) is 4.79 Å². The first-order valence-electron chi connectivity index (χ1n) is 11.1. The van der Waals surface area contributed by atoms with Crippen molar-refractivity contribution in [3.05, 3.63) is 42.4 Å². The van der Waals surface area contributed by atoms with Crippen molar-refractivity contribution in [3.63, 3.8) is 0 Å². The van der Waals surface area contributed by atoms with E-state index in [1.54, 1.807) is 24.4 Å². The molecule has 1 aromatic carbocycles. The van der Waals surface area contributed by atoms with Crippen LogP contribution in [-0.4, -0.2) is 52.4 Å². The van der Waals surface area contributed by atoms with Gasteiger partial charge in [-0.3, -0.25) is 4.79 Å². The van der Waals surface area contributed by atoms with Gasteiger partial charge in [0.25, 0.3) is 5.91 Å². The van der Waals surface area contributed by atoms with Crippen LogP contribution in [0.5, 0.6) is 5.75 Å². The SMILES string of the molecule is Nc1cc(-c2nc(C(O)Nc3cc4c(cc3N3CCC(CO)CC3)OCC(=O)N4)co2)ccn1. The number of carbonyl (C=O) groups excluding carboxylic acids is 1. The number of nitrogens with zero attached hydrogens (tertiary/aromatic N) is 3. The summed E-state index contributed by atoms with van der Waals surface area (Å²) in [6.07, 6.45) is 3.46. The van der Waals surface area contributed by atoms with Crippen LogP contribution in [0.3, 0.4) is 0 Å². The number of hydrogen-bond donors (Lipinski definition) is 5. The number of fused-ring (bicyclic) bond motifs is 1. The summed E-state index contributed by atoms with van der Waals surface area (Å²) in [7, 11) is 0. The Morgan fingerprint density at radius 1 is 1.29 bits per heavy atom. The van der Waals surface area contributed by atoms with Gasteiger partial charge in [0.15, 0.2) is 12.8 Å². The van der Waals surface area contributed by atoms with E-state index in [0.29, 0.717) is 34.4 Å². The molecule has 1 amide bonds. The van der Waals surface area contributed by atoms with Crippen molar-refractivity contribution in [1.82, 2.24) is 9.97 Å². The molecule has 178 valence electrons. The molecule has 0 bridgehead atoms. The zero-order valence-corrected chi connectivity index (χ0v) is 18.4. The number of rotatable bonds is 6. The number of aromatic nitrogens is 2. The standard InChI is InChI=1S/C23H26N6O5/c24-20-7-14(1-4-25-20)23-28-17(11-34-23)22(32)27-15-8-16-19(33-12-21(31)26-16)9-18(15)29-5-2-13(10-30)3-6-29/h1,4,7-9,11,13,22,27,30,32H,2-3,5-6,10,12H2,(H2,24,25)(H,26,31). The number of carbonyl (C=O) groups is 1. The van der Waals surface area contributed by atoms with Crippen molar-refractivity contribution in [3.8, 4) is 17.2 Å². The molecule has 0 radical (unpaired) electrons. The van der Waals surface area contributed by atoms with Crippen LogP contribution in [0.15, 0.2) is 41.1 Å². The summed E-state index contributed by atoms with van der Waals surface area (Å²) in [6, 6.07) is 6.95. The number of aliphatic hydroxyl groups excluding tert-OH is 2. The van der Waals surface area contributed by atoms with Crippen LogP contribution in [0.25, 0.3) is 11.5 Å². The molecule has 11 nitrogen and oxygen atoms in total. The molecular formula is C23H26N6O5. The smallest absolute Gasteiger partial charge is 0.262 e. The average Bonchev–Trinajstić information content (AvgIpc) is 3.34. The third-order valence-corrected chi connectivity index (χ3v) is 6.07. The first-order valence-corrected chi connectivity index (χ1v) is 11.1. The average molecular weight is 466 g/mol. The summed E-state index contributed by atoms with van der Waals surface area (Å²) < 4.78 is 11.1. The minimum Gasteiger partial charge on any atom is -0.482 e. The molecule has 2 aliphatic rings. The monoisotopic (exact) mass is 466 g/mol. The Hall–Kier alpha value is -3.83. The Bertz CT molecular complexity index is 1190. The normalized spacial score (nSPS) is 17.0. The van der Waals surface area contributed by atoms with E-state index in [0.717, 1.165) is 31.6 Å². The van der Waals surface area contributed by atoms with E-state index in [1.165, 1.54) is 6.26 Å². The minimum atomic E-state index is -1.18. The van der Waals surface area contributed by atoms with Crippen LogP contribution in [0.1, 0.15) is 24.8 Å². The molecule has 2 aromatic heterocycles. The van der Waals surface area contributed by atoms with E-state index < -0.39 is 6.23 Å². The molecule has 11 heteroatoms. The molecule has 2 aliphatic heterocycles. The van der Waals surface area contributed by atoms with Gasteiger partial charge in [-0.1, -0.05) is 0 Å². The van der Waals surface area contributed by atoms with E-state index in [1.807, 2.05) is 6.07 Å². The number of pyridine rings is 1. The molecule has 4 heterocycles. The number of nitrogens with two attached hydrogens (primary N) is 1. The molecule has 5 rings (SSSR count). The molecule has 1 fully saturated rings. The summed E-state index contributed by atoms with van der Waals surface area (Å²) in [5, 5.41) is 26.3. The number of oxazole rings is 1. The lowest BCUT2D eigenvalue weighted by Gasteiger charge is -2.35. The zero-order valence-electron chi connectivity index (χ0n) is 18.4. The van der Waals surface area contributed by atoms with Crippen LogP contribution in [0.4, 0.5) is 22.9 Å². The van der Waals surface area contributed by atoms with Crippen LogP contribution in [0.2, 0.25) is 0 Å². The maximum atomic E-state index is 11.8. The topological polar surface area (TPSA) is 159 Å². The summed E-state index contributed by atoms with van der Waals surface area (Å²) in [5.41, 5.74) is 8.62. The van der Waals surface area contributed by atoms with Crippen LogP contribution < -0.4 is 26.0 Å². The van der Waals surface area contributed by atoms with Gasteiger partial charge in [-0.15, -0.1) is 0 Å². The summed E-state index contributed by atoms with van der Waals surface area (Å²) in [4.78, 5) is 22.3. The number of amides is 1. The lowest BCUT2D eigenvalue weighted by molar-refractivity contribution is -0.118. The van der Waals surface area contributed by atoms with Crippen molar-refractivity contribution in [2.45, 2.75) is 19.1 Å². The number of anilines is 4. The predicted octanol–water partition coefficient (Wildman–Crippen LogP) is 1.96. The lowest BCUT2D eigenvalue weighted by atomic mass is 9.97. The highest BCUT2D eigenvalue weighted by molar-refractivity contribution is 5.97. The number of hydrogen-bond acceptors (Lipinski definition) is 10. The van der Waals surface area contributed by atoms with Gasteiger partial charge < -0.3 is 40.6 Å². The van der Waals surface area contributed by atoms with Gasteiger partial charge in [0.2, 0.25) is 5.89 Å². The van der Waals surface area contributed by atoms with Crippen LogP contribution in [0, 0.1) is 5.92 Å². The van der Waals surface area contributed by atoms with Crippen LogP contribution >= 0.6 is 0 Å². The number of aliphatic hydroxyl groups is 2. The second-order valence-corrected chi connectivity index (χ2v) is 8.41. The number of nitrogens with one attached hydrogen (secondary N) is 2. The highest BCUT2D eigenvalue weighted by atomic mass is 16.5. The molecule has 3 aromatic rings. The summed E-state index contributed by atoms with van der Waals surface area (Å²) in [5.74, 6) is 1.25. The lowest BCUT2D eigenvalue weighted by Crippen LogP contribution is -2.35. The van der Waals surface area contributed by atoms with E-state index in [4.69, 9.17) is 14.9 Å². The van der Waals surface area contributed by atoms with E-state index in [-0.39, 0.29) is 30.7 Å². The molecule has 0 aliphatic carbocycles. The second-order valence-electron chi connectivity index (χ2n) is 8.41. The maximum Gasteiger partial charge on any atom is 0.262 e. The predicted molar refractivity (Wildman–Crippen MR) is 125 cm³/mol. The summed E-state index contributed by atoms with van der Waals surface area (Å²) >= 11 is 0. The van der Waals surface area contributed by atoms with E-state index in [9.17, 15) is 15.0 Å². The highest BCUT2D eigenvalue weighted by Crippen LogP contribution is 2.41. The van der Waals surface area contributed by atoms with Crippen molar-refractivity contribution in [1.29, 1.82) is 0 Å². The van der Waals surface area contributed by atoms with E-state index in [2.05, 4.69) is 25.5 Å². The fourth-order valence-corrected chi connectivity index (χ4v) is 4.20. The van der Waals surface area contributed by atoms with Gasteiger partial charge in [-0.25, -0.2) is 9.97 Å². The Labute approximate surface area is 195 Å². The van der Waals surface area contributed by atoms with E-state index >= 15 is 0 Å². The molecule has 6 N–H and O–H groups in total. The number of ether oxygens (including phenoxy) is 1. The number of piperidine rings is 1. The number of benzene rings is 1. The first-order chi connectivity index (χ1) is 16.5. The Kier molecular flexibility index (Phi) is 5.95. The van der Waals surface area contributed by atoms with Gasteiger partial charge in [0.1, 0.15) is 23.5 Å². The quantitative estimate of drug-likeness (QED) is 0.340. The largest absolute Gasteiger partial charge is 0.482 e. The van der Waals surface area contributed by atoms with Crippen molar-refractivity contribution in [2.75, 3.05) is 47.6 Å². The molecule has 0 spiro atoms. The maximum absolute atomic E-state index is 11.8. The van der Waals surface area contributed by atoms with Gasteiger partial charge in [-0.05, 0) is 37.0 Å². The fourth-order valence-electron chi connectivity index (χ4n) is 4.20. The van der Waals surface area contributed by atoms with Gasteiger partial charge in [0.05, 0.1) is 17.1 Å². The first kappa shape index (κ1) is 22.0. The third kappa shape index (κ3) is 4.47. The van der Waals surface area contributed by atoms with Crippen molar-refractivity contribution >= 4 is 28.8 Å². The summed E-state index contributed by atoms with van der Waals surface area (Å²) in [6.45, 7) is 1.63. The van der Waals surface area contributed by atoms with Gasteiger partial charge in [-0.2, -0.15) is 0 Å². The molecule has 0 saturated carbocycles. The Morgan fingerprint density at radius 2 is 2.12 bits per heavy atom. The minimum absolute atomic E-state index is 0.0460. The van der Waals surface area contributed by atoms with Crippen molar-refractivity contribution in [2.24, 2.45) is 5.92 Å². The fraction of sp³-hybridized carbons (Fsp3) is 0.348. The van der Waals surface area contributed by atoms with Gasteiger partial charge >= 0.3 is 0 Å². The molecular weight excluding hydrogens is 440 g/mol. The van der Waals surface area contributed by atoms with Gasteiger partial charge in [0, 0.05) is 37.5 Å². The Balaban J connectivity index is 1.42.